The maximum atomic E-state index is 13.5. The summed E-state index contributed by atoms with van der Waals surface area (Å²) in [6.07, 6.45) is 3.23. The quantitative estimate of drug-likeness (QED) is 0.757. The summed E-state index contributed by atoms with van der Waals surface area (Å²) in [5.41, 5.74) is 14.5. The number of nitrogen functional groups attached to an aromatic ring is 2. The summed E-state index contributed by atoms with van der Waals surface area (Å²) in [6.45, 7) is 0. The van der Waals surface area contributed by atoms with E-state index in [1.165, 1.54) is 12.1 Å². The van der Waals surface area contributed by atoms with E-state index in [0.29, 0.717) is 16.9 Å². The molecule has 0 aliphatic heterocycles. The molecule has 0 bridgehead atoms. The molecule has 2 aromatic heterocycles. The van der Waals surface area contributed by atoms with Gasteiger partial charge in [-0.2, -0.15) is 5.26 Å². The van der Waals surface area contributed by atoms with Crippen LogP contribution in [-0.4, -0.2) is 9.97 Å². The lowest BCUT2D eigenvalue weighted by molar-refractivity contribution is 0.624. The van der Waals surface area contributed by atoms with Gasteiger partial charge in [0, 0.05) is 29.1 Å². The Morgan fingerprint density at radius 3 is 2.61 bits per heavy atom. The normalized spacial score (nSPS) is 10.3. The minimum absolute atomic E-state index is 0.0333. The van der Waals surface area contributed by atoms with Gasteiger partial charge in [0.1, 0.15) is 17.7 Å². The number of hydrogen-bond donors (Lipinski definition) is 2. The number of nitrogens with zero attached hydrogens (tertiary/aromatic N) is 3. The predicted octanol–water partition coefficient (Wildman–Crippen LogP) is 2.99. The fourth-order valence-electron chi connectivity index (χ4n) is 2.27. The number of nitriles is 1. The van der Waals surface area contributed by atoms with E-state index in [4.69, 9.17) is 16.7 Å². The molecule has 0 radical (unpaired) electrons. The van der Waals surface area contributed by atoms with Crippen molar-refractivity contribution in [2.75, 3.05) is 11.5 Å². The Bertz CT molecular complexity index is 931. The van der Waals surface area contributed by atoms with Crippen molar-refractivity contribution in [2.24, 2.45) is 0 Å². The fourth-order valence-corrected chi connectivity index (χ4v) is 2.27. The van der Waals surface area contributed by atoms with Crippen LogP contribution in [0.3, 0.4) is 0 Å². The first-order chi connectivity index (χ1) is 11.1. The summed E-state index contributed by atoms with van der Waals surface area (Å²) >= 11 is 0. The Kier molecular flexibility index (Phi) is 3.61. The molecule has 0 spiro atoms. The average molecular weight is 305 g/mol. The molecule has 0 atom stereocenters. The second-order valence-corrected chi connectivity index (χ2v) is 4.90. The standard InChI is InChI=1S/C17H12FN5/c18-14-4-3-10(6-11(14)8-19)16-13(2-1-5-22-16)12-7-15(20)17(21)23-9-12/h1-7,9H,20H2,(H2,21,23). The second-order valence-electron chi connectivity index (χ2n) is 4.90. The molecule has 23 heavy (non-hydrogen) atoms. The highest BCUT2D eigenvalue weighted by atomic mass is 19.1. The molecule has 5 nitrogen and oxygen atoms in total. The Balaban J connectivity index is 2.19. The van der Waals surface area contributed by atoms with E-state index < -0.39 is 5.82 Å². The molecule has 0 aliphatic rings. The molecule has 6 heteroatoms. The second kappa shape index (κ2) is 5.73. The van der Waals surface area contributed by atoms with Gasteiger partial charge < -0.3 is 11.5 Å². The van der Waals surface area contributed by atoms with E-state index in [9.17, 15) is 4.39 Å². The molecule has 3 aromatic rings. The van der Waals surface area contributed by atoms with Crippen LogP contribution in [0.1, 0.15) is 5.56 Å². The monoisotopic (exact) mass is 305 g/mol. The highest BCUT2D eigenvalue weighted by Gasteiger charge is 2.12. The molecule has 0 aliphatic carbocycles. The molecule has 1 aromatic carbocycles. The average Bonchev–Trinajstić information content (AvgIpc) is 2.58. The Morgan fingerprint density at radius 1 is 1.04 bits per heavy atom. The van der Waals surface area contributed by atoms with Gasteiger partial charge in [-0.25, -0.2) is 9.37 Å². The van der Waals surface area contributed by atoms with Crippen molar-refractivity contribution in [3.05, 3.63) is 60.2 Å². The summed E-state index contributed by atoms with van der Waals surface area (Å²) in [6, 6.07) is 11.5. The van der Waals surface area contributed by atoms with E-state index in [0.717, 1.165) is 11.1 Å². The van der Waals surface area contributed by atoms with E-state index in [-0.39, 0.29) is 11.4 Å². The minimum atomic E-state index is -0.563. The highest BCUT2D eigenvalue weighted by molar-refractivity contribution is 5.82. The van der Waals surface area contributed by atoms with Crippen molar-refractivity contribution >= 4 is 11.5 Å². The number of halogens is 1. The number of pyridine rings is 2. The number of rotatable bonds is 2. The summed E-state index contributed by atoms with van der Waals surface area (Å²) < 4.78 is 13.5. The van der Waals surface area contributed by atoms with Gasteiger partial charge in [0.05, 0.1) is 16.9 Å². The van der Waals surface area contributed by atoms with Crippen LogP contribution in [-0.2, 0) is 0 Å². The van der Waals surface area contributed by atoms with Gasteiger partial charge in [-0.05, 0) is 30.3 Å². The first-order valence-electron chi connectivity index (χ1n) is 6.76. The van der Waals surface area contributed by atoms with E-state index in [1.807, 2.05) is 12.1 Å². The molecule has 0 saturated carbocycles. The molecule has 0 unspecified atom stereocenters. The van der Waals surface area contributed by atoms with Crippen LogP contribution in [0.2, 0.25) is 0 Å². The first kappa shape index (κ1) is 14.5. The molecule has 3 rings (SSSR count). The number of anilines is 2. The van der Waals surface area contributed by atoms with Crippen LogP contribution in [0.25, 0.3) is 22.4 Å². The summed E-state index contributed by atoms with van der Waals surface area (Å²) in [5, 5.41) is 8.99. The molecule has 112 valence electrons. The zero-order valence-electron chi connectivity index (χ0n) is 12.0. The van der Waals surface area contributed by atoms with E-state index >= 15 is 0 Å². The largest absolute Gasteiger partial charge is 0.396 e. The van der Waals surface area contributed by atoms with Crippen molar-refractivity contribution in [3.63, 3.8) is 0 Å². The lowest BCUT2D eigenvalue weighted by Crippen LogP contribution is -1.98. The van der Waals surface area contributed by atoms with Crippen LogP contribution in [0.5, 0.6) is 0 Å². The maximum Gasteiger partial charge on any atom is 0.146 e. The number of benzene rings is 1. The third-order valence-corrected chi connectivity index (χ3v) is 3.43. The molecule has 0 fully saturated rings. The van der Waals surface area contributed by atoms with Crippen molar-refractivity contribution in [3.8, 4) is 28.5 Å². The third-order valence-electron chi connectivity index (χ3n) is 3.43. The molecule has 2 heterocycles. The lowest BCUT2D eigenvalue weighted by atomic mass is 9.99. The van der Waals surface area contributed by atoms with Crippen LogP contribution in [0.4, 0.5) is 15.9 Å². The van der Waals surface area contributed by atoms with E-state index in [1.54, 1.807) is 30.6 Å². The van der Waals surface area contributed by atoms with Crippen molar-refractivity contribution in [2.45, 2.75) is 0 Å². The van der Waals surface area contributed by atoms with Crippen molar-refractivity contribution in [1.82, 2.24) is 9.97 Å². The summed E-state index contributed by atoms with van der Waals surface area (Å²) in [4.78, 5) is 8.40. The van der Waals surface area contributed by atoms with Gasteiger partial charge in [-0.15, -0.1) is 0 Å². The SMILES string of the molecule is N#Cc1cc(-c2ncccc2-c2cnc(N)c(N)c2)ccc1F. The summed E-state index contributed by atoms with van der Waals surface area (Å²) in [5.74, 6) is -0.306. The fraction of sp³-hybridized carbons (Fsp3) is 0. The molecular weight excluding hydrogens is 293 g/mol. The molecule has 0 saturated heterocycles. The Morgan fingerprint density at radius 2 is 1.87 bits per heavy atom. The first-order valence-corrected chi connectivity index (χ1v) is 6.76. The predicted molar refractivity (Wildman–Crippen MR) is 86.4 cm³/mol. The van der Waals surface area contributed by atoms with Crippen LogP contribution in [0, 0.1) is 17.1 Å². The Labute approximate surface area is 132 Å². The van der Waals surface area contributed by atoms with Gasteiger partial charge >= 0.3 is 0 Å². The molecular formula is C17H12FN5. The maximum absolute atomic E-state index is 13.5. The van der Waals surface area contributed by atoms with Gasteiger partial charge in [-0.3, -0.25) is 4.98 Å². The van der Waals surface area contributed by atoms with Crippen LogP contribution in [0.15, 0.2) is 48.8 Å². The van der Waals surface area contributed by atoms with E-state index in [2.05, 4.69) is 9.97 Å². The van der Waals surface area contributed by atoms with Crippen LogP contribution >= 0.6 is 0 Å². The Hall–Kier alpha value is -3.46. The minimum Gasteiger partial charge on any atom is -0.396 e. The van der Waals surface area contributed by atoms with Gasteiger partial charge in [-0.1, -0.05) is 6.07 Å². The smallest absolute Gasteiger partial charge is 0.146 e. The highest BCUT2D eigenvalue weighted by Crippen LogP contribution is 2.32. The number of aromatic nitrogens is 2. The van der Waals surface area contributed by atoms with Gasteiger partial charge in [0.15, 0.2) is 0 Å². The van der Waals surface area contributed by atoms with Gasteiger partial charge in [0.2, 0.25) is 0 Å². The van der Waals surface area contributed by atoms with Crippen LogP contribution < -0.4 is 11.5 Å². The van der Waals surface area contributed by atoms with Crippen molar-refractivity contribution < 1.29 is 4.39 Å². The van der Waals surface area contributed by atoms with Crippen molar-refractivity contribution in [1.29, 1.82) is 5.26 Å². The van der Waals surface area contributed by atoms with Gasteiger partial charge in [0.25, 0.3) is 0 Å². The number of nitrogens with two attached hydrogens (primary N) is 2. The molecule has 0 amide bonds. The number of hydrogen-bond acceptors (Lipinski definition) is 5. The third kappa shape index (κ3) is 2.68. The zero-order chi connectivity index (χ0) is 16.4. The zero-order valence-corrected chi connectivity index (χ0v) is 12.0. The topological polar surface area (TPSA) is 102 Å². The molecule has 4 N–H and O–H groups in total. The lowest BCUT2D eigenvalue weighted by Gasteiger charge is -2.10. The summed E-state index contributed by atoms with van der Waals surface area (Å²) in [7, 11) is 0.